The second-order valence-electron chi connectivity index (χ2n) is 15.3. The molecule has 12 aromatic rings. The fourth-order valence-electron chi connectivity index (χ4n) is 9.07. The SMILES string of the molecule is c1cc(-c2cnc3c4ccccc4c4ccccc4c3n2)cc(-c2ccc(-c3ccc(-c4ccc(-c5cccc6c5oc5ccccc56)cc4)cc3)c3ccccc23)c1. The fraction of sp³-hybridized carbons (Fsp3) is 0. The van der Waals surface area contributed by atoms with Gasteiger partial charge in [-0.3, -0.25) is 4.98 Å². The average Bonchev–Trinajstić information content (AvgIpc) is 3.70. The molecule has 12 rings (SSSR count). The first-order valence-electron chi connectivity index (χ1n) is 20.1. The Labute approximate surface area is 340 Å². The van der Waals surface area contributed by atoms with Crippen LogP contribution in [0.25, 0.3) is 121 Å². The van der Waals surface area contributed by atoms with Gasteiger partial charge in [0, 0.05) is 32.7 Å². The minimum absolute atomic E-state index is 0.860. The van der Waals surface area contributed by atoms with Crippen LogP contribution in [0.5, 0.6) is 0 Å². The highest BCUT2D eigenvalue weighted by atomic mass is 16.3. The second-order valence-corrected chi connectivity index (χ2v) is 15.3. The number of hydrogen-bond acceptors (Lipinski definition) is 3. The lowest BCUT2D eigenvalue weighted by molar-refractivity contribution is 0.670. The Morgan fingerprint density at radius 2 is 0.797 bits per heavy atom. The van der Waals surface area contributed by atoms with E-state index in [0.29, 0.717) is 0 Å². The zero-order chi connectivity index (χ0) is 38.9. The van der Waals surface area contributed by atoms with E-state index in [2.05, 4.69) is 188 Å². The van der Waals surface area contributed by atoms with Gasteiger partial charge in [-0.1, -0.05) is 188 Å². The molecule has 59 heavy (non-hydrogen) atoms. The molecule has 3 nitrogen and oxygen atoms in total. The van der Waals surface area contributed by atoms with Crippen molar-refractivity contribution in [3.05, 3.63) is 206 Å². The van der Waals surface area contributed by atoms with E-state index in [-0.39, 0.29) is 0 Å². The highest BCUT2D eigenvalue weighted by Crippen LogP contribution is 2.40. The molecule has 0 spiro atoms. The summed E-state index contributed by atoms with van der Waals surface area (Å²) in [5, 5.41) is 9.36. The first-order valence-corrected chi connectivity index (χ1v) is 20.1. The maximum Gasteiger partial charge on any atom is 0.143 e. The Hall–Kier alpha value is -7.88. The molecule has 0 saturated heterocycles. The van der Waals surface area contributed by atoms with Crippen molar-refractivity contribution in [2.24, 2.45) is 0 Å². The molecular formula is C56H34N2O. The summed E-state index contributed by atoms with van der Waals surface area (Å²) in [6.07, 6.45) is 1.92. The van der Waals surface area contributed by atoms with Gasteiger partial charge >= 0.3 is 0 Å². The van der Waals surface area contributed by atoms with Crippen molar-refractivity contribution in [2.45, 2.75) is 0 Å². The molecule has 3 heteroatoms. The standard InChI is InChI=1S/C56H34N2O/c1-2-14-45-42(39-11-9-12-40(33-39)52-34-57-54-49-18-5-3-15-46(49)47-16-4-6-19-50(47)55(54)58-52)32-31-41(44(45)13-1)37-27-23-35(24-28-37)36-25-29-38(30-26-36)43-20-10-21-51-48-17-7-8-22-53(48)59-56(43)51/h1-34H. The molecule has 0 aliphatic carbocycles. The van der Waals surface area contributed by atoms with Crippen LogP contribution in [0.3, 0.4) is 0 Å². The highest BCUT2D eigenvalue weighted by molar-refractivity contribution is 6.23. The van der Waals surface area contributed by atoms with Crippen LogP contribution in [-0.4, -0.2) is 9.97 Å². The van der Waals surface area contributed by atoms with Gasteiger partial charge in [-0.15, -0.1) is 0 Å². The van der Waals surface area contributed by atoms with Crippen molar-refractivity contribution in [3.63, 3.8) is 0 Å². The van der Waals surface area contributed by atoms with Crippen LogP contribution in [-0.2, 0) is 0 Å². The molecule has 2 heterocycles. The van der Waals surface area contributed by atoms with Crippen molar-refractivity contribution >= 4 is 65.3 Å². The van der Waals surface area contributed by atoms with Crippen molar-refractivity contribution < 1.29 is 4.42 Å². The van der Waals surface area contributed by atoms with Crippen LogP contribution in [0.15, 0.2) is 211 Å². The van der Waals surface area contributed by atoms with Gasteiger partial charge in [0.2, 0.25) is 0 Å². The van der Waals surface area contributed by atoms with Crippen LogP contribution in [0.2, 0.25) is 0 Å². The zero-order valence-electron chi connectivity index (χ0n) is 31.9. The van der Waals surface area contributed by atoms with Gasteiger partial charge in [-0.25, -0.2) is 4.98 Å². The lowest BCUT2D eigenvalue weighted by atomic mass is 9.90. The maximum atomic E-state index is 6.33. The second kappa shape index (κ2) is 13.4. The predicted molar refractivity (Wildman–Crippen MR) is 247 cm³/mol. The zero-order valence-corrected chi connectivity index (χ0v) is 31.9. The number of nitrogens with zero attached hydrogens (tertiary/aromatic N) is 2. The molecule has 0 bridgehead atoms. The van der Waals surface area contributed by atoms with E-state index in [1.165, 1.54) is 49.4 Å². The molecule has 0 fully saturated rings. The number of para-hydroxylation sites is 2. The average molecular weight is 751 g/mol. The molecule has 0 aliphatic heterocycles. The van der Waals surface area contributed by atoms with Crippen molar-refractivity contribution in [2.75, 3.05) is 0 Å². The molecular weight excluding hydrogens is 717 g/mol. The Morgan fingerprint density at radius 1 is 0.305 bits per heavy atom. The summed E-state index contributed by atoms with van der Waals surface area (Å²) in [4.78, 5) is 10.3. The van der Waals surface area contributed by atoms with Gasteiger partial charge in [0.05, 0.1) is 22.9 Å². The minimum atomic E-state index is 0.860. The summed E-state index contributed by atoms with van der Waals surface area (Å²) in [6, 6.07) is 71.3. The predicted octanol–water partition coefficient (Wildman–Crippen LogP) is 15.3. The summed E-state index contributed by atoms with van der Waals surface area (Å²) in [7, 11) is 0. The lowest BCUT2D eigenvalue weighted by Gasteiger charge is -2.14. The summed E-state index contributed by atoms with van der Waals surface area (Å²) in [6.45, 7) is 0. The van der Waals surface area contributed by atoms with Crippen LogP contribution in [0.1, 0.15) is 0 Å². The van der Waals surface area contributed by atoms with Crippen LogP contribution in [0.4, 0.5) is 0 Å². The van der Waals surface area contributed by atoms with E-state index in [4.69, 9.17) is 14.4 Å². The van der Waals surface area contributed by atoms with Crippen molar-refractivity contribution in [1.29, 1.82) is 0 Å². The van der Waals surface area contributed by atoms with E-state index in [9.17, 15) is 0 Å². The molecule has 0 atom stereocenters. The number of rotatable bonds is 5. The minimum Gasteiger partial charge on any atom is -0.455 e. The van der Waals surface area contributed by atoms with E-state index in [0.717, 1.165) is 71.7 Å². The molecule has 0 N–H and O–H groups in total. The summed E-state index contributed by atoms with van der Waals surface area (Å²) in [5.41, 5.74) is 14.9. The molecule has 10 aromatic carbocycles. The van der Waals surface area contributed by atoms with Crippen molar-refractivity contribution in [1.82, 2.24) is 9.97 Å². The molecule has 0 aliphatic rings. The maximum absolute atomic E-state index is 6.33. The molecule has 2 aromatic heterocycles. The van der Waals surface area contributed by atoms with Crippen LogP contribution >= 0.6 is 0 Å². The Kier molecular flexibility index (Phi) is 7.54. The third-order valence-corrected chi connectivity index (χ3v) is 11.9. The van der Waals surface area contributed by atoms with E-state index in [1.807, 2.05) is 18.3 Å². The number of aromatic nitrogens is 2. The highest BCUT2D eigenvalue weighted by Gasteiger charge is 2.15. The third kappa shape index (κ3) is 5.44. The molecule has 0 unspecified atom stereocenters. The Balaban J connectivity index is 0.868. The number of benzene rings is 10. The molecule has 0 amide bonds. The number of furan rings is 1. The Morgan fingerprint density at radius 3 is 1.47 bits per heavy atom. The van der Waals surface area contributed by atoms with Gasteiger partial charge in [-0.2, -0.15) is 0 Å². The molecule has 0 saturated carbocycles. The van der Waals surface area contributed by atoms with Gasteiger partial charge in [0.1, 0.15) is 11.2 Å². The van der Waals surface area contributed by atoms with Gasteiger partial charge in [0.15, 0.2) is 0 Å². The number of hydrogen-bond donors (Lipinski definition) is 0. The largest absolute Gasteiger partial charge is 0.455 e. The third-order valence-electron chi connectivity index (χ3n) is 11.9. The smallest absolute Gasteiger partial charge is 0.143 e. The normalized spacial score (nSPS) is 11.7. The topological polar surface area (TPSA) is 38.9 Å². The summed E-state index contributed by atoms with van der Waals surface area (Å²) >= 11 is 0. The first-order chi connectivity index (χ1) is 29.2. The monoisotopic (exact) mass is 750 g/mol. The first kappa shape index (κ1) is 33.3. The number of fused-ring (bicyclic) bond motifs is 10. The van der Waals surface area contributed by atoms with Crippen molar-refractivity contribution in [3.8, 4) is 55.8 Å². The summed E-state index contributed by atoms with van der Waals surface area (Å²) < 4.78 is 6.33. The van der Waals surface area contributed by atoms with Gasteiger partial charge < -0.3 is 4.42 Å². The fourth-order valence-corrected chi connectivity index (χ4v) is 9.07. The van der Waals surface area contributed by atoms with E-state index < -0.39 is 0 Å². The van der Waals surface area contributed by atoms with Crippen LogP contribution in [0, 0.1) is 0 Å². The molecule has 274 valence electrons. The molecule has 0 radical (unpaired) electrons. The quantitative estimate of drug-likeness (QED) is 0.164. The van der Waals surface area contributed by atoms with E-state index >= 15 is 0 Å². The van der Waals surface area contributed by atoms with Gasteiger partial charge in [-0.05, 0) is 72.6 Å². The Bertz CT molecular complexity index is 3560. The van der Waals surface area contributed by atoms with Gasteiger partial charge in [0.25, 0.3) is 0 Å². The van der Waals surface area contributed by atoms with Crippen LogP contribution < -0.4 is 0 Å². The lowest BCUT2D eigenvalue weighted by Crippen LogP contribution is -1.92. The summed E-state index contributed by atoms with van der Waals surface area (Å²) in [5.74, 6) is 0. The van der Waals surface area contributed by atoms with E-state index in [1.54, 1.807) is 0 Å².